The smallest absolute Gasteiger partial charge is 0.0273 e. The van der Waals surface area contributed by atoms with Crippen molar-refractivity contribution < 1.29 is 0 Å². The van der Waals surface area contributed by atoms with Gasteiger partial charge in [0.25, 0.3) is 0 Å². The molecule has 2 atom stereocenters. The molecule has 0 bridgehead atoms. The highest BCUT2D eigenvalue weighted by molar-refractivity contribution is 5.63. The van der Waals surface area contributed by atoms with Crippen LogP contribution in [0.25, 0.3) is 5.57 Å². The van der Waals surface area contributed by atoms with Crippen LogP contribution in [0, 0.1) is 5.92 Å². The molecule has 86 valence electrons. The summed E-state index contributed by atoms with van der Waals surface area (Å²) >= 11 is 0. The lowest BCUT2D eigenvalue weighted by molar-refractivity contribution is 0.367. The molecule has 1 fully saturated rings. The van der Waals surface area contributed by atoms with Gasteiger partial charge in [0, 0.05) is 25.0 Å². The lowest BCUT2D eigenvalue weighted by atomic mass is 9.92. The maximum absolute atomic E-state index is 4.04. The fraction of sp³-hybridized carbons (Fsp3) is 0.500. The number of rotatable bonds is 2. The number of pyridine rings is 1. The van der Waals surface area contributed by atoms with Crippen LogP contribution >= 0.6 is 0 Å². The van der Waals surface area contributed by atoms with Crippen molar-refractivity contribution in [3.63, 3.8) is 0 Å². The van der Waals surface area contributed by atoms with Crippen LogP contribution in [0.1, 0.15) is 32.3 Å². The Balaban J connectivity index is 2.02. The Morgan fingerprint density at radius 2 is 2.12 bits per heavy atom. The van der Waals surface area contributed by atoms with Crippen molar-refractivity contribution in [2.45, 2.75) is 32.7 Å². The lowest BCUT2D eigenvalue weighted by Gasteiger charge is -2.26. The van der Waals surface area contributed by atoms with Crippen LogP contribution in [-0.4, -0.2) is 17.6 Å². The van der Waals surface area contributed by atoms with E-state index in [2.05, 4.69) is 42.4 Å². The SMILES string of the molecule is CC(=CC1CCC(C)NC1)c1ccncc1. The van der Waals surface area contributed by atoms with E-state index in [0.29, 0.717) is 12.0 Å². The van der Waals surface area contributed by atoms with Crippen molar-refractivity contribution in [3.05, 3.63) is 36.2 Å². The first kappa shape index (κ1) is 11.3. The molecule has 2 nitrogen and oxygen atoms in total. The number of hydrogen-bond donors (Lipinski definition) is 1. The van der Waals surface area contributed by atoms with Crippen LogP contribution in [0.4, 0.5) is 0 Å². The second kappa shape index (κ2) is 5.26. The third-order valence-corrected chi connectivity index (χ3v) is 3.32. The molecule has 2 rings (SSSR count). The van der Waals surface area contributed by atoms with Gasteiger partial charge in [0.2, 0.25) is 0 Å². The van der Waals surface area contributed by atoms with Crippen molar-refractivity contribution in [1.82, 2.24) is 10.3 Å². The van der Waals surface area contributed by atoms with Crippen LogP contribution in [0.2, 0.25) is 0 Å². The summed E-state index contributed by atoms with van der Waals surface area (Å²) in [6.45, 7) is 5.56. The first-order valence-corrected chi connectivity index (χ1v) is 6.08. The quantitative estimate of drug-likeness (QED) is 0.822. The van der Waals surface area contributed by atoms with E-state index >= 15 is 0 Å². The molecule has 1 aromatic heterocycles. The number of hydrogen-bond acceptors (Lipinski definition) is 2. The molecular formula is C14H20N2. The van der Waals surface area contributed by atoms with Crippen molar-refractivity contribution >= 4 is 5.57 Å². The first-order chi connectivity index (χ1) is 7.75. The van der Waals surface area contributed by atoms with Gasteiger partial charge < -0.3 is 5.32 Å². The summed E-state index contributed by atoms with van der Waals surface area (Å²) in [7, 11) is 0. The van der Waals surface area contributed by atoms with E-state index in [-0.39, 0.29) is 0 Å². The maximum Gasteiger partial charge on any atom is 0.0273 e. The second-order valence-electron chi connectivity index (χ2n) is 4.73. The van der Waals surface area contributed by atoms with Gasteiger partial charge in [-0.25, -0.2) is 0 Å². The minimum absolute atomic E-state index is 0.685. The van der Waals surface area contributed by atoms with Crippen LogP contribution < -0.4 is 5.32 Å². The molecule has 1 N–H and O–H groups in total. The fourth-order valence-electron chi connectivity index (χ4n) is 2.23. The molecule has 16 heavy (non-hydrogen) atoms. The number of nitrogens with zero attached hydrogens (tertiary/aromatic N) is 1. The molecule has 1 saturated heterocycles. The molecule has 0 aliphatic carbocycles. The number of allylic oxidation sites excluding steroid dienone is 1. The van der Waals surface area contributed by atoms with Crippen molar-refractivity contribution in [1.29, 1.82) is 0 Å². The molecule has 0 amide bonds. The highest BCUT2D eigenvalue weighted by Crippen LogP contribution is 2.20. The maximum atomic E-state index is 4.04. The predicted octanol–water partition coefficient (Wildman–Crippen LogP) is 2.87. The molecule has 2 heterocycles. The topological polar surface area (TPSA) is 24.9 Å². The minimum Gasteiger partial charge on any atom is -0.314 e. The van der Waals surface area contributed by atoms with E-state index in [4.69, 9.17) is 0 Å². The standard InChI is InChI=1S/C14H20N2/c1-11(14-5-7-15-8-6-14)9-13-4-3-12(2)16-10-13/h5-9,12-13,16H,3-4,10H2,1-2H3. The average Bonchev–Trinajstić information content (AvgIpc) is 2.33. The molecule has 0 aromatic carbocycles. The van der Waals surface area contributed by atoms with Gasteiger partial charge in [-0.3, -0.25) is 4.98 Å². The number of piperidine rings is 1. The first-order valence-electron chi connectivity index (χ1n) is 6.08. The Hall–Kier alpha value is -1.15. The highest BCUT2D eigenvalue weighted by atomic mass is 14.9. The van der Waals surface area contributed by atoms with Gasteiger partial charge in [0.1, 0.15) is 0 Å². The van der Waals surface area contributed by atoms with Crippen LogP contribution in [0.3, 0.4) is 0 Å². The minimum atomic E-state index is 0.685. The number of nitrogens with one attached hydrogen (secondary N) is 1. The molecule has 0 spiro atoms. The zero-order valence-electron chi connectivity index (χ0n) is 10.1. The summed E-state index contributed by atoms with van der Waals surface area (Å²) in [5, 5.41) is 3.53. The van der Waals surface area contributed by atoms with E-state index in [1.807, 2.05) is 12.4 Å². The summed E-state index contributed by atoms with van der Waals surface area (Å²) in [5.74, 6) is 0.685. The van der Waals surface area contributed by atoms with Gasteiger partial charge in [-0.1, -0.05) is 6.08 Å². The molecule has 2 unspecified atom stereocenters. The van der Waals surface area contributed by atoms with E-state index in [1.165, 1.54) is 24.0 Å². The van der Waals surface area contributed by atoms with Gasteiger partial charge in [-0.05, 0) is 55.9 Å². The normalized spacial score (nSPS) is 26.8. The Bertz CT molecular complexity index is 348. The van der Waals surface area contributed by atoms with Gasteiger partial charge in [0.15, 0.2) is 0 Å². The van der Waals surface area contributed by atoms with Crippen LogP contribution in [-0.2, 0) is 0 Å². The molecule has 2 heteroatoms. The van der Waals surface area contributed by atoms with Crippen LogP contribution in [0.15, 0.2) is 30.6 Å². The van der Waals surface area contributed by atoms with Gasteiger partial charge in [-0.15, -0.1) is 0 Å². The summed E-state index contributed by atoms with van der Waals surface area (Å²) in [5.41, 5.74) is 2.65. The van der Waals surface area contributed by atoms with E-state index in [1.54, 1.807) is 0 Å². The van der Waals surface area contributed by atoms with E-state index in [0.717, 1.165) is 6.54 Å². The Labute approximate surface area is 97.8 Å². The zero-order valence-corrected chi connectivity index (χ0v) is 10.1. The lowest BCUT2D eigenvalue weighted by Crippen LogP contribution is -2.36. The van der Waals surface area contributed by atoms with Gasteiger partial charge >= 0.3 is 0 Å². The van der Waals surface area contributed by atoms with Crippen molar-refractivity contribution in [2.75, 3.05) is 6.54 Å². The summed E-state index contributed by atoms with van der Waals surface area (Å²) in [6.07, 6.45) is 8.69. The van der Waals surface area contributed by atoms with Gasteiger partial charge in [-0.2, -0.15) is 0 Å². The van der Waals surface area contributed by atoms with Crippen molar-refractivity contribution in [2.24, 2.45) is 5.92 Å². The second-order valence-corrected chi connectivity index (χ2v) is 4.73. The van der Waals surface area contributed by atoms with E-state index < -0.39 is 0 Å². The van der Waals surface area contributed by atoms with E-state index in [9.17, 15) is 0 Å². The van der Waals surface area contributed by atoms with Crippen molar-refractivity contribution in [3.8, 4) is 0 Å². The summed E-state index contributed by atoms with van der Waals surface area (Å²) < 4.78 is 0. The Morgan fingerprint density at radius 3 is 2.75 bits per heavy atom. The van der Waals surface area contributed by atoms with Gasteiger partial charge in [0.05, 0.1) is 0 Å². The number of aromatic nitrogens is 1. The largest absolute Gasteiger partial charge is 0.314 e. The molecule has 1 aromatic rings. The monoisotopic (exact) mass is 216 g/mol. The molecule has 0 radical (unpaired) electrons. The highest BCUT2D eigenvalue weighted by Gasteiger charge is 2.15. The third kappa shape index (κ3) is 2.92. The molecular weight excluding hydrogens is 196 g/mol. The van der Waals surface area contributed by atoms with Crippen LogP contribution in [0.5, 0.6) is 0 Å². The predicted molar refractivity (Wildman–Crippen MR) is 68.1 cm³/mol. The summed E-state index contributed by atoms with van der Waals surface area (Å²) in [6, 6.07) is 4.83. The zero-order chi connectivity index (χ0) is 11.4. The fourth-order valence-corrected chi connectivity index (χ4v) is 2.23. The molecule has 1 aliphatic heterocycles. The summed E-state index contributed by atoms with van der Waals surface area (Å²) in [4.78, 5) is 4.04. The third-order valence-electron chi connectivity index (χ3n) is 3.32. The Morgan fingerprint density at radius 1 is 1.38 bits per heavy atom. The molecule has 1 aliphatic rings. The average molecular weight is 216 g/mol. The Kier molecular flexibility index (Phi) is 3.73. The molecule has 0 saturated carbocycles.